The lowest BCUT2D eigenvalue weighted by molar-refractivity contribution is -0.136. The molecule has 0 spiro atoms. The summed E-state index contributed by atoms with van der Waals surface area (Å²) < 4.78 is 0. The lowest BCUT2D eigenvalue weighted by Gasteiger charge is -2.27. The Bertz CT molecular complexity index is 1170. The number of rotatable bonds is 5. The van der Waals surface area contributed by atoms with Crippen molar-refractivity contribution in [1.82, 2.24) is 5.43 Å². The number of aliphatic hydroxyl groups is 1. The third kappa shape index (κ3) is 3.54. The minimum Gasteiger partial charge on any atom is -0.507 e. The maximum Gasteiger partial charge on any atom is 0.281 e. The van der Waals surface area contributed by atoms with E-state index < -0.39 is 11.5 Å². The normalized spacial score (nSPS) is 11.6. The van der Waals surface area contributed by atoms with Gasteiger partial charge in [0.25, 0.3) is 5.91 Å². The average Bonchev–Trinajstić information content (AvgIpc) is 2.81. The van der Waals surface area contributed by atoms with Crippen LogP contribution < -0.4 is 5.43 Å². The molecule has 0 aliphatic heterocycles. The molecule has 0 aliphatic carbocycles. The molecule has 0 aromatic heterocycles. The number of amides is 1. The molecule has 0 saturated carbocycles. The van der Waals surface area contributed by atoms with Crippen molar-refractivity contribution in [3.8, 4) is 5.75 Å². The zero-order valence-corrected chi connectivity index (χ0v) is 16.1. The summed E-state index contributed by atoms with van der Waals surface area (Å²) in [5.41, 5.74) is 1.85. The third-order valence-corrected chi connectivity index (χ3v) is 5.02. The summed E-state index contributed by atoms with van der Waals surface area (Å²) in [7, 11) is 0. The van der Waals surface area contributed by atoms with E-state index in [9.17, 15) is 15.0 Å². The highest BCUT2D eigenvalue weighted by molar-refractivity contribution is 6.02. The smallest absolute Gasteiger partial charge is 0.281 e. The van der Waals surface area contributed by atoms with Crippen LogP contribution in [0.15, 0.2) is 102 Å². The van der Waals surface area contributed by atoms with Gasteiger partial charge in [-0.3, -0.25) is 4.79 Å². The van der Waals surface area contributed by atoms with E-state index >= 15 is 0 Å². The number of hydrogen-bond donors (Lipinski definition) is 3. The molecule has 0 aliphatic rings. The maximum atomic E-state index is 13.1. The summed E-state index contributed by atoms with van der Waals surface area (Å²) in [5.74, 6) is -0.649. The SMILES string of the molecule is O=C(N/N=C\c1c(O)ccc2ccccc12)C(O)(c1ccccc1)c1ccccc1. The van der Waals surface area contributed by atoms with Crippen LogP contribution >= 0.6 is 0 Å². The molecule has 4 aromatic carbocycles. The van der Waals surface area contributed by atoms with E-state index in [0.29, 0.717) is 16.7 Å². The van der Waals surface area contributed by atoms with Gasteiger partial charge in [0, 0.05) is 5.56 Å². The first-order valence-electron chi connectivity index (χ1n) is 9.48. The zero-order chi connectivity index (χ0) is 21.0. The van der Waals surface area contributed by atoms with Gasteiger partial charge in [0.2, 0.25) is 0 Å². The van der Waals surface area contributed by atoms with Crippen molar-refractivity contribution in [2.75, 3.05) is 0 Å². The fraction of sp³-hybridized carbons (Fsp3) is 0.0400. The lowest BCUT2D eigenvalue weighted by Crippen LogP contribution is -2.43. The topological polar surface area (TPSA) is 81.9 Å². The summed E-state index contributed by atoms with van der Waals surface area (Å²) >= 11 is 0. The summed E-state index contributed by atoms with van der Waals surface area (Å²) in [6, 6.07) is 28.4. The van der Waals surface area contributed by atoms with E-state index in [1.807, 2.05) is 42.5 Å². The van der Waals surface area contributed by atoms with Gasteiger partial charge in [-0.15, -0.1) is 0 Å². The number of hydrazone groups is 1. The highest BCUT2D eigenvalue weighted by Gasteiger charge is 2.39. The Morgan fingerprint density at radius 2 is 1.37 bits per heavy atom. The van der Waals surface area contributed by atoms with E-state index in [4.69, 9.17) is 0 Å². The Balaban J connectivity index is 1.67. The number of nitrogens with zero attached hydrogens (tertiary/aromatic N) is 1. The second-order valence-corrected chi connectivity index (χ2v) is 6.86. The fourth-order valence-corrected chi connectivity index (χ4v) is 3.44. The van der Waals surface area contributed by atoms with Crippen molar-refractivity contribution in [2.24, 2.45) is 5.10 Å². The van der Waals surface area contributed by atoms with Gasteiger partial charge in [-0.05, 0) is 28.0 Å². The van der Waals surface area contributed by atoms with E-state index in [1.165, 1.54) is 6.21 Å². The van der Waals surface area contributed by atoms with Crippen molar-refractivity contribution in [2.45, 2.75) is 5.60 Å². The highest BCUT2D eigenvalue weighted by atomic mass is 16.3. The quantitative estimate of drug-likeness (QED) is 0.353. The van der Waals surface area contributed by atoms with Gasteiger partial charge in [0.05, 0.1) is 6.21 Å². The first-order valence-corrected chi connectivity index (χ1v) is 9.48. The molecule has 0 heterocycles. The summed E-state index contributed by atoms with van der Waals surface area (Å²) in [6.45, 7) is 0. The second kappa shape index (κ2) is 8.19. The molecule has 5 nitrogen and oxygen atoms in total. The van der Waals surface area contributed by atoms with Crippen molar-refractivity contribution < 1.29 is 15.0 Å². The summed E-state index contributed by atoms with van der Waals surface area (Å²) in [5, 5.41) is 27.4. The molecule has 0 radical (unpaired) electrons. The molecule has 0 saturated heterocycles. The van der Waals surface area contributed by atoms with Crippen LogP contribution in [0.1, 0.15) is 16.7 Å². The van der Waals surface area contributed by atoms with Crippen molar-refractivity contribution in [3.05, 3.63) is 114 Å². The average molecular weight is 396 g/mol. The van der Waals surface area contributed by atoms with Crippen molar-refractivity contribution in [3.63, 3.8) is 0 Å². The molecule has 0 fully saturated rings. The van der Waals surface area contributed by atoms with E-state index in [1.54, 1.807) is 54.6 Å². The minimum absolute atomic E-state index is 0.0491. The number of phenolic OH excluding ortho intramolecular Hbond substituents is 1. The number of phenols is 1. The molecule has 0 unspecified atom stereocenters. The van der Waals surface area contributed by atoms with Crippen LogP contribution in [0.25, 0.3) is 10.8 Å². The van der Waals surface area contributed by atoms with Crippen molar-refractivity contribution in [1.29, 1.82) is 0 Å². The predicted octanol–water partition coefficient (Wildman–Crippen LogP) is 3.93. The molecule has 5 heteroatoms. The van der Waals surface area contributed by atoms with Gasteiger partial charge in [-0.1, -0.05) is 91.0 Å². The number of aromatic hydroxyl groups is 1. The van der Waals surface area contributed by atoms with Crippen LogP contribution in [-0.4, -0.2) is 22.3 Å². The van der Waals surface area contributed by atoms with E-state index in [-0.39, 0.29) is 5.75 Å². The van der Waals surface area contributed by atoms with Crippen LogP contribution in [0.4, 0.5) is 0 Å². The molecular weight excluding hydrogens is 376 g/mol. The number of nitrogens with one attached hydrogen (secondary N) is 1. The molecule has 148 valence electrons. The largest absolute Gasteiger partial charge is 0.507 e. The predicted molar refractivity (Wildman–Crippen MR) is 117 cm³/mol. The molecule has 30 heavy (non-hydrogen) atoms. The number of hydrogen-bond acceptors (Lipinski definition) is 4. The van der Waals surface area contributed by atoms with Gasteiger partial charge in [0.15, 0.2) is 5.60 Å². The highest BCUT2D eigenvalue weighted by Crippen LogP contribution is 2.30. The van der Waals surface area contributed by atoms with Gasteiger partial charge in [-0.25, -0.2) is 5.43 Å². The van der Waals surface area contributed by atoms with Gasteiger partial charge in [-0.2, -0.15) is 5.10 Å². The molecule has 4 aromatic rings. The molecular formula is C25H20N2O3. The van der Waals surface area contributed by atoms with E-state index in [0.717, 1.165) is 10.8 Å². The molecule has 0 atom stereocenters. The number of fused-ring (bicyclic) bond motifs is 1. The van der Waals surface area contributed by atoms with Gasteiger partial charge >= 0.3 is 0 Å². The monoisotopic (exact) mass is 396 g/mol. The number of benzene rings is 4. The second-order valence-electron chi connectivity index (χ2n) is 6.86. The van der Waals surface area contributed by atoms with Crippen molar-refractivity contribution >= 4 is 22.9 Å². The number of carbonyl (C=O) groups is 1. The molecule has 0 bridgehead atoms. The number of carbonyl (C=O) groups excluding carboxylic acids is 1. The van der Waals surface area contributed by atoms with Gasteiger partial charge in [0.1, 0.15) is 5.75 Å². The van der Waals surface area contributed by atoms with Crippen LogP contribution in [0.2, 0.25) is 0 Å². The van der Waals surface area contributed by atoms with Crippen LogP contribution in [0.3, 0.4) is 0 Å². The Labute approximate surface area is 173 Å². The Morgan fingerprint density at radius 1 is 0.800 bits per heavy atom. The summed E-state index contributed by atoms with van der Waals surface area (Å²) in [6.07, 6.45) is 1.38. The van der Waals surface area contributed by atoms with Crippen LogP contribution in [0, 0.1) is 0 Å². The first-order chi connectivity index (χ1) is 14.6. The maximum absolute atomic E-state index is 13.1. The standard InChI is InChI=1S/C25H20N2O3/c28-23-16-15-18-9-7-8-14-21(18)22(23)17-26-27-24(29)25(30,19-10-3-1-4-11-19)20-12-5-2-6-13-20/h1-17,28,30H,(H,27,29)/b26-17-. The third-order valence-electron chi connectivity index (χ3n) is 5.02. The lowest BCUT2D eigenvalue weighted by atomic mass is 9.85. The zero-order valence-electron chi connectivity index (χ0n) is 16.1. The van der Waals surface area contributed by atoms with Crippen LogP contribution in [0.5, 0.6) is 5.75 Å². The Morgan fingerprint density at radius 3 is 2.00 bits per heavy atom. The molecule has 3 N–H and O–H groups in total. The molecule has 1 amide bonds. The Kier molecular flexibility index (Phi) is 5.28. The van der Waals surface area contributed by atoms with Crippen LogP contribution in [-0.2, 0) is 10.4 Å². The Hall–Kier alpha value is -3.96. The minimum atomic E-state index is -1.92. The molecule has 4 rings (SSSR count). The summed E-state index contributed by atoms with van der Waals surface area (Å²) in [4.78, 5) is 13.1. The van der Waals surface area contributed by atoms with Gasteiger partial charge < -0.3 is 10.2 Å². The van der Waals surface area contributed by atoms with E-state index in [2.05, 4.69) is 10.5 Å². The first kappa shape index (κ1) is 19.4. The fourth-order valence-electron chi connectivity index (χ4n) is 3.44.